The number of carbonyl (C=O) groups is 2. The van der Waals surface area contributed by atoms with Crippen molar-refractivity contribution in [1.29, 1.82) is 0 Å². The molecule has 0 saturated carbocycles. The van der Waals surface area contributed by atoms with Gasteiger partial charge in [-0.3, -0.25) is 4.79 Å². The Bertz CT molecular complexity index is 455. The van der Waals surface area contributed by atoms with Gasteiger partial charge in [-0.15, -0.1) is 0 Å². The maximum absolute atomic E-state index is 11.2. The molecule has 0 fully saturated rings. The van der Waals surface area contributed by atoms with E-state index in [1.807, 2.05) is 0 Å². The summed E-state index contributed by atoms with van der Waals surface area (Å²) in [4.78, 5) is 21.4. The van der Waals surface area contributed by atoms with Gasteiger partial charge in [0.2, 0.25) is 5.91 Å². The third-order valence-corrected chi connectivity index (χ3v) is 6.26. The second kappa shape index (κ2) is 32.6. The van der Waals surface area contributed by atoms with Crippen LogP contribution in [0.4, 0.5) is 0 Å². The molecule has 1 amide bonds. The van der Waals surface area contributed by atoms with Crippen LogP contribution in [-0.4, -0.2) is 30.1 Å². The number of nitrogens with one attached hydrogen (secondary N) is 1. The molecule has 0 atom stereocenters. The largest absolute Gasteiger partial charge is 0.478 e. The fourth-order valence-corrected chi connectivity index (χ4v) is 4.02. The molecule has 0 aliphatic heterocycles. The van der Waals surface area contributed by atoms with Gasteiger partial charge in [0.25, 0.3) is 0 Å². The first-order valence-corrected chi connectivity index (χ1v) is 15.0. The van der Waals surface area contributed by atoms with Gasteiger partial charge in [-0.05, 0) is 19.4 Å². The Morgan fingerprint density at radius 3 is 1.26 bits per heavy atom. The molecule has 0 rings (SSSR count). The molecule has 0 aromatic heterocycles. The SMILES string of the molecule is CCCCCCCCCCCCCN.CCCCCCCCCCCCCNC(=O)/C=C\C(=O)O. The third-order valence-electron chi connectivity index (χ3n) is 6.26. The summed E-state index contributed by atoms with van der Waals surface area (Å²) in [6.45, 7) is 6.01. The molecule has 0 aliphatic rings. The molecule has 0 saturated heterocycles. The van der Waals surface area contributed by atoms with Gasteiger partial charge < -0.3 is 16.2 Å². The molecule has 0 unspecified atom stereocenters. The van der Waals surface area contributed by atoms with Gasteiger partial charge in [0.15, 0.2) is 0 Å². The van der Waals surface area contributed by atoms with Crippen LogP contribution in [0, 0.1) is 0 Å². The van der Waals surface area contributed by atoms with Crippen LogP contribution < -0.4 is 11.1 Å². The van der Waals surface area contributed by atoms with Gasteiger partial charge >= 0.3 is 5.97 Å². The zero-order valence-electron chi connectivity index (χ0n) is 23.5. The van der Waals surface area contributed by atoms with Crippen LogP contribution in [0.5, 0.6) is 0 Å². The quantitative estimate of drug-likeness (QED) is 0.0875. The highest BCUT2D eigenvalue weighted by atomic mass is 16.4. The van der Waals surface area contributed by atoms with E-state index in [1.165, 1.54) is 128 Å². The molecule has 0 radical (unpaired) electrons. The lowest BCUT2D eigenvalue weighted by Gasteiger charge is -2.03. The van der Waals surface area contributed by atoms with Crippen molar-refractivity contribution in [2.24, 2.45) is 5.73 Å². The van der Waals surface area contributed by atoms with Crippen LogP contribution in [0.25, 0.3) is 0 Å². The molecule has 35 heavy (non-hydrogen) atoms. The minimum absolute atomic E-state index is 0.329. The lowest BCUT2D eigenvalue weighted by atomic mass is 10.1. The van der Waals surface area contributed by atoms with E-state index in [0.29, 0.717) is 6.54 Å². The average molecular weight is 497 g/mol. The molecule has 208 valence electrons. The van der Waals surface area contributed by atoms with Crippen LogP contribution in [0.1, 0.15) is 155 Å². The Labute approximate surface area is 218 Å². The van der Waals surface area contributed by atoms with E-state index >= 15 is 0 Å². The Balaban J connectivity index is 0. The average Bonchev–Trinajstić information content (AvgIpc) is 2.85. The number of carbonyl (C=O) groups excluding carboxylic acids is 1. The van der Waals surface area contributed by atoms with Crippen molar-refractivity contribution in [3.63, 3.8) is 0 Å². The third kappa shape index (κ3) is 37.4. The summed E-state index contributed by atoms with van der Waals surface area (Å²) in [5.74, 6) is -1.43. The van der Waals surface area contributed by atoms with Gasteiger partial charge in [-0.2, -0.15) is 0 Å². The lowest BCUT2D eigenvalue weighted by Crippen LogP contribution is -2.22. The first-order valence-electron chi connectivity index (χ1n) is 15.0. The Morgan fingerprint density at radius 2 is 0.914 bits per heavy atom. The summed E-state index contributed by atoms with van der Waals surface area (Å²) in [7, 11) is 0. The highest BCUT2D eigenvalue weighted by molar-refractivity contribution is 5.93. The predicted molar refractivity (Wildman–Crippen MR) is 152 cm³/mol. The molecule has 0 aliphatic carbocycles. The molecule has 5 heteroatoms. The maximum Gasteiger partial charge on any atom is 0.328 e. The van der Waals surface area contributed by atoms with Gasteiger partial charge in [0.1, 0.15) is 0 Å². The van der Waals surface area contributed by atoms with Crippen LogP contribution >= 0.6 is 0 Å². The van der Waals surface area contributed by atoms with Crippen LogP contribution in [0.2, 0.25) is 0 Å². The number of nitrogens with two attached hydrogens (primary N) is 1. The van der Waals surface area contributed by atoms with Crippen molar-refractivity contribution < 1.29 is 14.7 Å². The summed E-state index contributed by atoms with van der Waals surface area (Å²) < 4.78 is 0. The number of aliphatic carboxylic acids is 1. The topological polar surface area (TPSA) is 92.4 Å². The number of amides is 1. The van der Waals surface area contributed by atoms with Crippen molar-refractivity contribution in [3.05, 3.63) is 12.2 Å². The number of unbranched alkanes of at least 4 members (excludes halogenated alkanes) is 20. The summed E-state index contributed by atoms with van der Waals surface area (Å²) in [5.41, 5.74) is 5.44. The van der Waals surface area contributed by atoms with E-state index < -0.39 is 5.97 Å². The first kappa shape index (κ1) is 35.8. The number of carboxylic acid groups (broad SMARTS) is 1. The van der Waals surface area contributed by atoms with Crippen molar-refractivity contribution >= 4 is 11.9 Å². The number of hydrogen-bond donors (Lipinski definition) is 3. The monoisotopic (exact) mass is 496 g/mol. The second-order valence-corrected chi connectivity index (χ2v) is 9.82. The molecule has 0 heterocycles. The standard InChI is InChI=1S/C17H31NO3.C13H29N/c1-2-3-4-5-6-7-8-9-10-11-12-15-18-16(19)13-14-17(20)21;1-2-3-4-5-6-7-8-9-10-11-12-13-14/h13-14H,2-12,15H2,1H3,(H,18,19)(H,20,21);2-14H2,1H3/b14-13-;. The van der Waals surface area contributed by atoms with Crippen LogP contribution in [0.15, 0.2) is 12.2 Å². The Hall–Kier alpha value is -1.36. The lowest BCUT2D eigenvalue weighted by molar-refractivity contribution is -0.131. The Morgan fingerprint density at radius 1 is 0.571 bits per heavy atom. The molecular weight excluding hydrogens is 436 g/mol. The van der Waals surface area contributed by atoms with E-state index in [2.05, 4.69) is 19.2 Å². The molecule has 0 aromatic carbocycles. The molecule has 0 bridgehead atoms. The highest BCUT2D eigenvalue weighted by Gasteiger charge is 1.97. The summed E-state index contributed by atoms with van der Waals surface area (Å²) >= 11 is 0. The minimum Gasteiger partial charge on any atom is -0.478 e. The number of carboxylic acids is 1. The van der Waals surface area contributed by atoms with Gasteiger partial charge in [-0.1, -0.05) is 142 Å². The number of hydrogen-bond acceptors (Lipinski definition) is 3. The first-order chi connectivity index (χ1) is 17.1. The fourth-order valence-electron chi connectivity index (χ4n) is 4.02. The van der Waals surface area contributed by atoms with Gasteiger partial charge in [0, 0.05) is 18.7 Å². The van der Waals surface area contributed by atoms with E-state index in [9.17, 15) is 9.59 Å². The van der Waals surface area contributed by atoms with Crippen molar-refractivity contribution in [3.8, 4) is 0 Å². The minimum atomic E-state index is -1.10. The molecule has 4 N–H and O–H groups in total. The summed E-state index contributed by atoms with van der Waals surface area (Å²) in [5, 5.41) is 11.0. The summed E-state index contributed by atoms with van der Waals surface area (Å²) in [6, 6.07) is 0. The molecular formula is C30H60N2O3. The van der Waals surface area contributed by atoms with Gasteiger partial charge in [-0.25, -0.2) is 4.79 Å². The van der Waals surface area contributed by atoms with Crippen molar-refractivity contribution in [1.82, 2.24) is 5.32 Å². The van der Waals surface area contributed by atoms with Crippen LogP contribution in [-0.2, 0) is 9.59 Å². The van der Waals surface area contributed by atoms with Gasteiger partial charge in [0.05, 0.1) is 0 Å². The normalized spacial score (nSPS) is 10.8. The molecule has 0 aromatic rings. The van der Waals surface area contributed by atoms with Crippen molar-refractivity contribution in [2.45, 2.75) is 155 Å². The van der Waals surface area contributed by atoms with Crippen LogP contribution in [0.3, 0.4) is 0 Å². The maximum atomic E-state index is 11.2. The van der Waals surface area contributed by atoms with E-state index in [-0.39, 0.29) is 5.91 Å². The molecule has 0 spiro atoms. The summed E-state index contributed by atoms with van der Waals surface area (Å²) in [6.07, 6.45) is 31.4. The molecule has 5 nitrogen and oxygen atoms in total. The van der Waals surface area contributed by atoms with E-state index in [0.717, 1.165) is 31.5 Å². The smallest absolute Gasteiger partial charge is 0.328 e. The van der Waals surface area contributed by atoms with E-state index in [1.54, 1.807) is 0 Å². The highest BCUT2D eigenvalue weighted by Crippen LogP contribution is 2.12. The van der Waals surface area contributed by atoms with Crippen molar-refractivity contribution in [2.75, 3.05) is 13.1 Å². The zero-order valence-corrected chi connectivity index (χ0v) is 23.5. The predicted octanol–water partition coefficient (Wildman–Crippen LogP) is 8.31. The zero-order chi connectivity index (χ0) is 26.2. The Kier molecular flexibility index (Phi) is 33.4. The number of rotatable bonds is 25. The van der Waals surface area contributed by atoms with E-state index in [4.69, 9.17) is 10.8 Å². The fraction of sp³-hybridized carbons (Fsp3) is 0.867. The second-order valence-electron chi connectivity index (χ2n) is 9.82.